The fourth-order valence-electron chi connectivity index (χ4n) is 2.70. The van der Waals surface area contributed by atoms with Crippen molar-refractivity contribution in [3.8, 4) is 6.07 Å². The van der Waals surface area contributed by atoms with Crippen LogP contribution in [-0.2, 0) is 6.42 Å². The number of nitrogen functional groups attached to an aromatic ring is 1. The topological polar surface area (TPSA) is 103 Å². The molecule has 0 fully saturated rings. The van der Waals surface area contributed by atoms with Crippen molar-refractivity contribution in [2.24, 2.45) is 0 Å². The smallest absolute Gasteiger partial charge is 0.185 e. The Hall–Kier alpha value is -3.21. The molecule has 0 amide bonds. The summed E-state index contributed by atoms with van der Waals surface area (Å²) in [6.07, 6.45) is 1.29. The van der Waals surface area contributed by atoms with E-state index in [0.717, 1.165) is 6.07 Å². The summed E-state index contributed by atoms with van der Waals surface area (Å²) < 4.78 is 27.3. The molecular weight excluding hydrogens is 326 g/mol. The maximum absolute atomic E-state index is 13.9. The van der Waals surface area contributed by atoms with Gasteiger partial charge < -0.3 is 11.1 Å². The normalized spacial score (nSPS) is 10.8. The third-order valence-electron chi connectivity index (χ3n) is 3.90. The number of benzene rings is 1. The number of fused-ring (bicyclic) bond motifs is 1. The van der Waals surface area contributed by atoms with Crippen molar-refractivity contribution in [3.05, 3.63) is 46.8 Å². The Labute approximate surface area is 142 Å². The predicted octanol–water partition coefficient (Wildman–Crippen LogP) is 3.04. The van der Waals surface area contributed by atoms with E-state index in [1.54, 1.807) is 13.0 Å². The molecule has 1 aromatic carbocycles. The number of H-pyrrole nitrogens is 1. The number of hydrogen-bond acceptors (Lipinski definition) is 5. The van der Waals surface area contributed by atoms with Crippen LogP contribution in [0.15, 0.2) is 18.2 Å². The van der Waals surface area contributed by atoms with Crippen LogP contribution in [0.5, 0.6) is 0 Å². The minimum absolute atomic E-state index is 0.00982. The van der Waals surface area contributed by atoms with Crippen LogP contribution < -0.4 is 11.1 Å². The Kier molecular flexibility index (Phi) is 4.48. The second kappa shape index (κ2) is 6.73. The highest BCUT2D eigenvalue weighted by Crippen LogP contribution is 2.26. The molecule has 0 atom stereocenters. The van der Waals surface area contributed by atoms with E-state index < -0.39 is 11.6 Å². The van der Waals surface area contributed by atoms with Crippen LogP contribution in [-0.4, -0.2) is 21.7 Å². The fourth-order valence-corrected chi connectivity index (χ4v) is 2.70. The SMILES string of the molecule is Cc1cc(NCCCc2[nH]nc(N)c2C#N)c2ccc(F)c(F)c2n1. The minimum atomic E-state index is -0.948. The standard InChI is InChI=1S/C17H16F2N6/c1-9-7-14(10-4-5-12(18)15(19)16(10)23-9)22-6-2-3-13-11(8-20)17(21)25-24-13/h4-5,7H,2-3,6H2,1H3,(H,22,23)(H3,21,24,25). The van der Waals surface area contributed by atoms with E-state index in [0.29, 0.717) is 47.4 Å². The van der Waals surface area contributed by atoms with E-state index in [-0.39, 0.29) is 11.3 Å². The molecule has 0 bridgehead atoms. The molecule has 0 aliphatic rings. The van der Waals surface area contributed by atoms with Crippen molar-refractivity contribution >= 4 is 22.4 Å². The van der Waals surface area contributed by atoms with Gasteiger partial charge in [-0.05, 0) is 38.0 Å². The van der Waals surface area contributed by atoms with Crippen LogP contribution in [0.3, 0.4) is 0 Å². The summed E-state index contributed by atoms with van der Waals surface area (Å²) >= 11 is 0. The van der Waals surface area contributed by atoms with Crippen molar-refractivity contribution in [1.29, 1.82) is 5.26 Å². The second-order valence-corrected chi connectivity index (χ2v) is 5.67. The molecule has 2 heterocycles. The Morgan fingerprint density at radius 2 is 2.16 bits per heavy atom. The lowest BCUT2D eigenvalue weighted by Gasteiger charge is -2.11. The first-order valence-electron chi connectivity index (χ1n) is 7.73. The molecule has 2 aromatic heterocycles. The van der Waals surface area contributed by atoms with Crippen LogP contribution in [0.25, 0.3) is 10.9 Å². The van der Waals surface area contributed by atoms with Gasteiger partial charge in [0.15, 0.2) is 17.5 Å². The van der Waals surface area contributed by atoms with Gasteiger partial charge in [-0.15, -0.1) is 0 Å². The van der Waals surface area contributed by atoms with Crippen molar-refractivity contribution in [2.75, 3.05) is 17.6 Å². The molecule has 8 heteroatoms. The summed E-state index contributed by atoms with van der Waals surface area (Å²) in [4.78, 5) is 4.08. The summed E-state index contributed by atoms with van der Waals surface area (Å²) in [5.74, 6) is -1.67. The zero-order chi connectivity index (χ0) is 18.0. The number of nitrogens with two attached hydrogens (primary N) is 1. The van der Waals surface area contributed by atoms with E-state index in [1.807, 2.05) is 6.07 Å². The molecule has 0 aliphatic heterocycles. The summed E-state index contributed by atoms with van der Waals surface area (Å²) in [7, 11) is 0. The molecule has 0 unspecified atom stereocenters. The van der Waals surface area contributed by atoms with Crippen molar-refractivity contribution in [1.82, 2.24) is 15.2 Å². The number of rotatable bonds is 5. The van der Waals surface area contributed by atoms with Gasteiger partial charge in [0.1, 0.15) is 17.1 Å². The lowest BCUT2D eigenvalue weighted by molar-refractivity contribution is 0.515. The summed E-state index contributed by atoms with van der Waals surface area (Å²) in [5, 5.41) is 19.3. The van der Waals surface area contributed by atoms with Crippen LogP contribution in [0.4, 0.5) is 20.3 Å². The van der Waals surface area contributed by atoms with Crippen molar-refractivity contribution < 1.29 is 8.78 Å². The Balaban J connectivity index is 1.73. The Morgan fingerprint density at radius 1 is 1.36 bits per heavy atom. The first kappa shape index (κ1) is 16.6. The van der Waals surface area contributed by atoms with Gasteiger partial charge in [-0.2, -0.15) is 10.4 Å². The van der Waals surface area contributed by atoms with Gasteiger partial charge in [0.25, 0.3) is 0 Å². The molecule has 0 spiro atoms. The zero-order valence-corrected chi connectivity index (χ0v) is 13.5. The van der Waals surface area contributed by atoms with E-state index in [9.17, 15) is 8.78 Å². The number of aromatic amines is 1. The molecule has 6 nitrogen and oxygen atoms in total. The van der Waals surface area contributed by atoms with E-state index in [4.69, 9.17) is 11.0 Å². The number of halogens is 2. The van der Waals surface area contributed by atoms with Gasteiger partial charge in [0.05, 0.1) is 5.69 Å². The average Bonchev–Trinajstić information content (AvgIpc) is 2.95. The van der Waals surface area contributed by atoms with Crippen LogP contribution in [0.2, 0.25) is 0 Å². The van der Waals surface area contributed by atoms with Crippen LogP contribution >= 0.6 is 0 Å². The third-order valence-corrected chi connectivity index (χ3v) is 3.90. The number of pyridine rings is 1. The molecule has 0 saturated carbocycles. The van der Waals surface area contributed by atoms with Gasteiger partial charge >= 0.3 is 0 Å². The molecular formula is C17H16F2N6. The number of nitrogens with zero attached hydrogens (tertiary/aromatic N) is 3. The molecule has 0 saturated heterocycles. The maximum Gasteiger partial charge on any atom is 0.185 e. The largest absolute Gasteiger partial charge is 0.384 e. The first-order valence-corrected chi connectivity index (χ1v) is 7.73. The minimum Gasteiger partial charge on any atom is -0.384 e. The fraction of sp³-hybridized carbons (Fsp3) is 0.235. The molecule has 0 aliphatic carbocycles. The number of aromatic nitrogens is 3. The number of nitrogens with one attached hydrogen (secondary N) is 2. The third kappa shape index (κ3) is 3.21. The molecule has 4 N–H and O–H groups in total. The highest BCUT2D eigenvalue weighted by Gasteiger charge is 2.13. The van der Waals surface area contributed by atoms with E-state index >= 15 is 0 Å². The summed E-state index contributed by atoms with van der Waals surface area (Å²) in [6.45, 7) is 2.29. The van der Waals surface area contributed by atoms with E-state index in [2.05, 4.69) is 20.5 Å². The Morgan fingerprint density at radius 3 is 2.92 bits per heavy atom. The first-order chi connectivity index (χ1) is 12.0. The summed E-state index contributed by atoms with van der Waals surface area (Å²) in [5.41, 5.74) is 7.93. The van der Waals surface area contributed by atoms with Crippen molar-refractivity contribution in [2.45, 2.75) is 19.8 Å². The van der Waals surface area contributed by atoms with Crippen LogP contribution in [0, 0.1) is 29.9 Å². The predicted molar refractivity (Wildman–Crippen MR) is 90.9 cm³/mol. The van der Waals surface area contributed by atoms with Gasteiger partial charge in [-0.1, -0.05) is 0 Å². The maximum atomic E-state index is 13.9. The highest BCUT2D eigenvalue weighted by molar-refractivity contribution is 5.91. The number of nitriles is 1. The number of aryl methyl sites for hydroxylation is 2. The quantitative estimate of drug-likeness (QED) is 0.618. The molecule has 3 aromatic rings. The van der Waals surface area contributed by atoms with E-state index in [1.165, 1.54) is 6.07 Å². The molecule has 25 heavy (non-hydrogen) atoms. The van der Waals surface area contributed by atoms with Gasteiger partial charge in [0.2, 0.25) is 0 Å². The lowest BCUT2D eigenvalue weighted by atomic mass is 10.1. The Bertz CT molecular complexity index is 973. The summed E-state index contributed by atoms with van der Waals surface area (Å²) in [6, 6.07) is 6.40. The van der Waals surface area contributed by atoms with Crippen LogP contribution in [0.1, 0.15) is 23.4 Å². The number of hydrogen-bond donors (Lipinski definition) is 3. The molecule has 128 valence electrons. The van der Waals surface area contributed by atoms with Crippen molar-refractivity contribution in [3.63, 3.8) is 0 Å². The number of anilines is 2. The molecule has 3 rings (SSSR count). The lowest BCUT2D eigenvalue weighted by Crippen LogP contribution is -2.06. The van der Waals surface area contributed by atoms with Gasteiger partial charge in [-0.3, -0.25) is 5.10 Å². The second-order valence-electron chi connectivity index (χ2n) is 5.67. The zero-order valence-electron chi connectivity index (χ0n) is 13.5. The van der Waals surface area contributed by atoms with Gasteiger partial charge in [-0.25, -0.2) is 13.8 Å². The monoisotopic (exact) mass is 342 g/mol. The highest BCUT2D eigenvalue weighted by atomic mass is 19.2. The molecule has 0 radical (unpaired) electrons. The van der Waals surface area contributed by atoms with Gasteiger partial charge in [0, 0.05) is 23.3 Å². The average molecular weight is 342 g/mol.